The molecule has 3 heteroatoms. The molecule has 1 aromatic rings. The molecule has 1 aliphatic rings. The second kappa shape index (κ2) is 5.70. The zero-order chi connectivity index (χ0) is 13.3. The third kappa shape index (κ3) is 3.12. The van der Waals surface area contributed by atoms with E-state index in [1.807, 2.05) is 0 Å². The highest BCUT2D eigenvalue weighted by Crippen LogP contribution is 2.40. The van der Waals surface area contributed by atoms with E-state index >= 15 is 0 Å². The molecular weight excluding hydrogens is 295 g/mol. The predicted octanol–water partition coefficient (Wildman–Crippen LogP) is 4.69. The fraction of sp³-hybridized carbons (Fsp3) is 0.600. The normalized spacial score (nSPS) is 30.2. The molecule has 0 aromatic heterocycles. The van der Waals surface area contributed by atoms with Gasteiger partial charge in [-0.25, -0.2) is 4.39 Å². The lowest BCUT2D eigenvalue weighted by Crippen LogP contribution is -2.25. The van der Waals surface area contributed by atoms with Gasteiger partial charge in [0.05, 0.1) is 6.10 Å². The average molecular weight is 315 g/mol. The number of hydrogen-bond acceptors (Lipinski definition) is 1. The van der Waals surface area contributed by atoms with Crippen molar-refractivity contribution in [3.63, 3.8) is 0 Å². The second-order valence-electron chi connectivity index (χ2n) is 5.79. The van der Waals surface area contributed by atoms with Crippen LogP contribution in [0, 0.1) is 23.6 Å². The number of benzene rings is 1. The number of aliphatic hydroxyl groups excluding tert-OH is 1. The van der Waals surface area contributed by atoms with Gasteiger partial charge in [0.1, 0.15) is 5.82 Å². The molecular formula is C15H20BrFO. The molecule has 100 valence electrons. The van der Waals surface area contributed by atoms with E-state index in [4.69, 9.17) is 0 Å². The van der Waals surface area contributed by atoms with Crippen molar-refractivity contribution in [1.82, 2.24) is 0 Å². The lowest BCUT2D eigenvalue weighted by atomic mass is 9.73. The van der Waals surface area contributed by atoms with Gasteiger partial charge in [-0.1, -0.05) is 35.8 Å². The molecule has 1 nitrogen and oxygen atoms in total. The minimum Gasteiger partial charge on any atom is -0.388 e. The third-order valence-electron chi connectivity index (χ3n) is 3.94. The van der Waals surface area contributed by atoms with Gasteiger partial charge in [-0.3, -0.25) is 0 Å². The topological polar surface area (TPSA) is 20.2 Å². The van der Waals surface area contributed by atoms with Crippen LogP contribution < -0.4 is 0 Å². The van der Waals surface area contributed by atoms with Gasteiger partial charge in [-0.05, 0) is 49.1 Å². The van der Waals surface area contributed by atoms with Crippen LogP contribution in [0.15, 0.2) is 22.7 Å². The summed E-state index contributed by atoms with van der Waals surface area (Å²) in [7, 11) is 0. The maximum Gasteiger partial charge on any atom is 0.130 e. The average Bonchev–Trinajstić information content (AvgIpc) is 2.26. The molecule has 0 spiro atoms. The van der Waals surface area contributed by atoms with Gasteiger partial charge in [0.25, 0.3) is 0 Å². The number of hydrogen-bond donors (Lipinski definition) is 1. The molecule has 0 radical (unpaired) electrons. The minimum absolute atomic E-state index is 0.180. The Hall–Kier alpha value is -0.410. The fourth-order valence-corrected chi connectivity index (χ4v) is 3.60. The van der Waals surface area contributed by atoms with E-state index in [1.165, 1.54) is 12.5 Å². The lowest BCUT2D eigenvalue weighted by molar-refractivity contribution is 0.0526. The van der Waals surface area contributed by atoms with Crippen LogP contribution in [-0.4, -0.2) is 5.11 Å². The predicted molar refractivity (Wildman–Crippen MR) is 74.7 cm³/mol. The van der Waals surface area contributed by atoms with Crippen LogP contribution in [-0.2, 0) is 0 Å². The van der Waals surface area contributed by atoms with Gasteiger partial charge in [0, 0.05) is 10.0 Å². The van der Waals surface area contributed by atoms with E-state index in [9.17, 15) is 9.50 Å². The van der Waals surface area contributed by atoms with Crippen LogP contribution in [0.3, 0.4) is 0 Å². The quantitative estimate of drug-likeness (QED) is 0.839. The summed E-state index contributed by atoms with van der Waals surface area (Å²) in [5, 5.41) is 10.4. The zero-order valence-electron chi connectivity index (χ0n) is 10.9. The first kappa shape index (κ1) is 14.0. The molecule has 3 atom stereocenters. The molecule has 3 unspecified atom stereocenters. The Balaban J connectivity index is 2.17. The maximum atomic E-state index is 13.9. The summed E-state index contributed by atoms with van der Waals surface area (Å²) >= 11 is 3.24. The van der Waals surface area contributed by atoms with E-state index < -0.39 is 6.10 Å². The summed E-state index contributed by atoms with van der Waals surface area (Å²) in [4.78, 5) is 0. The zero-order valence-corrected chi connectivity index (χ0v) is 12.5. The third-order valence-corrected chi connectivity index (χ3v) is 4.44. The molecule has 0 amide bonds. The summed E-state index contributed by atoms with van der Waals surface area (Å²) in [5.41, 5.74) is 0.435. The van der Waals surface area contributed by atoms with Gasteiger partial charge in [0.15, 0.2) is 0 Å². The number of halogens is 2. The van der Waals surface area contributed by atoms with Crippen molar-refractivity contribution in [2.75, 3.05) is 0 Å². The molecule has 1 saturated carbocycles. The second-order valence-corrected chi connectivity index (χ2v) is 6.70. The Morgan fingerprint density at radius 1 is 1.22 bits per heavy atom. The first-order valence-corrected chi connectivity index (χ1v) is 7.39. The summed E-state index contributed by atoms with van der Waals surface area (Å²) < 4.78 is 14.6. The van der Waals surface area contributed by atoms with Crippen molar-refractivity contribution in [2.24, 2.45) is 17.8 Å². The van der Waals surface area contributed by atoms with Crippen LogP contribution >= 0.6 is 15.9 Å². The van der Waals surface area contributed by atoms with Crippen LogP contribution in [0.2, 0.25) is 0 Å². The highest BCUT2D eigenvalue weighted by Gasteiger charge is 2.30. The van der Waals surface area contributed by atoms with Crippen LogP contribution in [0.1, 0.15) is 44.8 Å². The molecule has 1 N–H and O–H groups in total. The first-order valence-electron chi connectivity index (χ1n) is 6.60. The summed E-state index contributed by atoms with van der Waals surface area (Å²) in [6.07, 6.45) is 2.51. The van der Waals surface area contributed by atoms with Crippen molar-refractivity contribution in [2.45, 2.75) is 39.2 Å². The molecule has 1 fully saturated rings. The Morgan fingerprint density at radius 2 is 1.83 bits per heavy atom. The van der Waals surface area contributed by atoms with Crippen molar-refractivity contribution in [3.05, 3.63) is 34.1 Å². The van der Waals surface area contributed by atoms with E-state index in [2.05, 4.69) is 29.8 Å². The molecule has 18 heavy (non-hydrogen) atoms. The largest absolute Gasteiger partial charge is 0.388 e. The lowest BCUT2D eigenvalue weighted by Gasteiger charge is -2.34. The molecule has 0 heterocycles. The fourth-order valence-electron chi connectivity index (χ4n) is 3.26. The van der Waals surface area contributed by atoms with E-state index in [1.54, 1.807) is 12.1 Å². The van der Waals surface area contributed by atoms with E-state index in [-0.39, 0.29) is 11.7 Å². The Morgan fingerprint density at radius 3 is 2.39 bits per heavy atom. The van der Waals surface area contributed by atoms with Gasteiger partial charge in [-0.2, -0.15) is 0 Å². The highest BCUT2D eigenvalue weighted by atomic mass is 79.9. The maximum absolute atomic E-state index is 13.9. The smallest absolute Gasteiger partial charge is 0.130 e. The van der Waals surface area contributed by atoms with Gasteiger partial charge >= 0.3 is 0 Å². The number of aliphatic hydroxyl groups is 1. The van der Waals surface area contributed by atoms with Crippen LogP contribution in [0.25, 0.3) is 0 Å². The summed E-state index contributed by atoms with van der Waals surface area (Å²) in [5.74, 6) is 1.10. The Kier molecular flexibility index (Phi) is 4.44. The molecule has 0 saturated heterocycles. The van der Waals surface area contributed by atoms with Gasteiger partial charge in [-0.15, -0.1) is 0 Å². The van der Waals surface area contributed by atoms with Crippen molar-refractivity contribution in [1.29, 1.82) is 0 Å². The molecule has 1 aromatic carbocycles. The van der Waals surface area contributed by atoms with E-state index in [0.717, 1.165) is 12.8 Å². The SMILES string of the molecule is CC1CC(C)CC(C(O)c2ccc(Br)cc2F)C1. The van der Waals surface area contributed by atoms with Gasteiger partial charge in [0.2, 0.25) is 0 Å². The summed E-state index contributed by atoms with van der Waals surface area (Å²) in [6, 6.07) is 4.90. The monoisotopic (exact) mass is 314 g/mol. The molecule has 2 rings (SSSR count). The van der Waals surface area contributed by atoms with Crippen LogP contribution in [0.4, 0.5) is 4.39 Å². The highest BCUT2D eigenvalue weighted by molar-refractivity contribution is 9.10. The van der Waals surface area contributed by atoms with Crippen molar-refractivity contribution < 1.29 is 9.50 Å². The molecule has 0 bridgehead atoms. The Labute approximate surface area is 117 Å². The number of rotatable bonds is 2. The van der Waals surface area contributed by atoms with Crippen LogP contribution in [0.5, 0.6) is 0 Å². The molecule has 0 aliphatic heterocycles. The standard InChI is InChI=1S/C15H20BrFO/c1-9-5-10(2)7-11(6-9)15(18)13-4-3-12(16)8-14(13)17/h3-4,8-11,15,18H,5-7H2,1-2H3. The summed E-state index contributed by atoms with van der Waals surface area (Å²) in [6.45, 7) is 4.43. The minimum atomic E-state index is -0.678. The van der Waals surface area contributed by atoms with Gasteiger partial charge < -0.3 is 5.11 Å². The Bertz CT molecular complexity index is 411. The van der Waals surface area contributed by atoms with E-state index in [0.29, 0.717) is 21.9 Å². The first-order chi connectivity index (χ1) is 8.47. The van der Waals surface area contributed by atoms with Crippen molar-refractivity contribution in [3.8, 4) is 0 Å². The van der Waals surface area contributed by atoms with Crippen molar-refractivity contribution >= 4 is 15.9 Å². The molecule has 1 aliphatic carbocycles.